The van der Waals surface area contributed by atoms with Crippen LogP contribution in [0, 0.1) is 0 Å². The Morgan fingerprint density at radius 2 is 1.74 bits per heavy atom. The molecule has 2 amide bonds. The van der Waals surface area contributed by atoms with Gasteiger partial charge in [0.25, 0.3) is 0 Å². The topological polar surface area (TPSA) is 92.5 Å². The zero-order chi connectivity index (χ0) is 16.4. The number of primary sulfonamides is 1. The van der Waals surface area contributed by atoms with Crippen LogP contribution in [0.4, 0.5) is 10.5 Å². The summed E-state index contributed by atoms with van der Waals surface area (Å²) in [6.45, 7) is 0.695. The molecule has 3 N–H and O–H groups in total. The first-order valence-electron chi connectivity index (χ1n) is 7.20. The van der Waals surface area contributed by atoms with E-state index in [-0.39, 0.29) is 17.0 Å². The summed E-state index contributed by atoms with van der Waals surface area (Å²) in [6, 6.07) is 15.5. The second kappa shape index (κ2) is 6.02. The Balaban J connectivity index is 1.68. The minimum Gasteiger partial charge on any atom is -0.317 e. The zero-order valence-electron chi connectivity index (χ0n) is 12.3. The molecule has 0 spiro atoms. The first kappa shape index (κ1) is 15.5. The van der Waals surface area contributed by atoms with E-state index in [1.807, 2.05) is 30.3 Å². The van der Waals surface area contributed by atoms with Crippen LogP contribution in [0.3, 0.4) is 0 Å². The lowest BCUT2D eigenvalue weighted by atomic mass is 9.95. The number of amides is 2. The number of rotatable bonds is 3. The van der Waals surface area contributed by atoms with Crippen LogP contribution in [0.1, 0.15) is 18.0 Å². The van der Waals surface area contributed by atoms with E-state index in [9.17, 15) is 13.2 Å². The van der Waals surface area contributed by atoms with Gasteiger partial charge in [-0.15, -0.1) is 0 Å². The van der Waals surface area contributed by atoms with E-state index < -0.39 is 10.0 Å². The van der Waals surface area contributed by atoms with E-state index in [2.05, 4.69) is 5.32 Å². The van der Waals surface area contributed by atoms with Crippen molar-refractivity contribution >= 4 is 21.7 Å². The van der Waals surface area contributed by atoms with Gasteiger partial charge in [0.05, 0.1) is 10.9 Å². The average Bonchev–Trinajstić information content (AvgIpc) is 2.46. The van der Waals surface area contributed by atoms with Crippen LogP contribution in [0.2, 0.25) is 0 Å². The summed E-state index contributed by atoms with van der Waals surface area (Å²) in [7, 11) is -3.73. The molecule has 2 aromatic rings. The maximum atomic E-state index is 12.3. The minimum absolute atomic E-state index is 0.0154. The number of sulfonamides is 1. The number of anilines is 1. The van der Waals surface area contributed by atoms with Crippen molar-refractivity contribution in [3.05, 3.63) is 60.2 Å². The number of benzene rings is 2. The molecule has 2 aromatic carbocycles. The Morgan fingerprint density at radius 1 is 1.09 bits per heavy atom. The van der Waals surface area contributed by atoms with Crippen LogP contribution < -0.4 is 10.5 Å². The number of hydrogen-bond acceptors (Lipinski definition) is 3. The van der Waals surface area contributed by atoms with Gasteiger partial charge in [0, 0.05) is 12.2 Å². The summed E-state index contributed by atoms with van der Waals surface area (Å²) in [6.07, 6.45) is 0.932. The average molecular weight is 331 g/mol. The second-order valence-corrected chi connectivity index (χ2v) is 6.97. The maximum Gasteiger partial charge on any atom is 0.322 e. The van der Waals surface area contributed by atoms with E-state index in [0.717, 1.165) is 12.0 Å². The van der Waals surface area contributed by atoms with Gasteiger partial charge >= 0.3 is 6.03 Å². The highest BCUT2D eigenvalue weighted by Gasteiger charge is 2.33. The van der Waals surface area contributed by atoms with Crippen LogP contribution in [-0.4, -0.2) is 25.9 Å². The summed E-state index contributed by atoms with van der Waals surface area (Å²) in [5.41, 5.74) is 1.64. The summed E-state index contributed by atoms with van der Waals surface area (Å²) in [5, 5.41) is 7.82. The molecule has 7 heteroatoms. The Morgan fingerprint density at radius 3 is 2.26 bits per heavy atom. The molecule has 0 radical (unpaired) electrons. The molecule has 0 unspecified atom stereocenters. The maximum absolute atomic E-state index is 12.3. The Labute approximate surface area is 135 Å². The first-order valence-corrected chi connectivity index (χ1v) is 8.75. The Bertz CT molecular complexity index is 804. The number of urea groups is 1. The molecule has 1 heterocycles. The highest BCUT2D eigenvalue weighted by atomic mass is 32.2. The van der Waals surface area contributed by atoms with Crippen molar-refractivity contribution in [3.63, 3.8) is 0 Å². The van der Waals surface area contributed by atoms with Crippen molar-refractivity contribution in [2.45, 2.75) is 17.4 Å². The van der Waals surface area contributed by atoms with E-state index in [1.54, 1.807) is 4.90 Å². The quantitative estimate of drug-likeness (QED) is 0.904. The molecule has 1 fully saturated rings. The van der Waals surface area contributed by atoms with Crippen molar-refractivity contribution in [3.8, 4) is 0 Å². The first-order chi connectivity index (χ1) is 10.9. The van der Waals surface area contributed by atoms with Gasteiger partial charge in [-0.3, -0.25) is 0 Å². The lowest BCUT2D eigenvalue weighted by Gasteiger charge is -2.41. The molecule has 3 rings (SSSR count). The van der Waals surface area contributed by atoms with Crippen LogP contribution >= 0.6 is 0 Å². The third kappa shape index (κ3) is 3.35. The van der Waals surface area contributed by atoms with Crippen molar-refractivity contribution in [2.75, 3.05) is 11.9 Å². The predicted octanol–water partition coefficient (Wildman–Crippen LogP) is 2.31. The van der Waals surface area contributed by atoms with Gasteiger partial charge in [-0.25, -0.2) is 18.4 Å². The molecule has 0 aliphatic carbocycles. The number of carbonyl (C=O) groups is 1. The van der Waals surface area contributed by atoms with E-state index in [0.29, 0.717) is 12.2 Å². The molecular weight excluding hydrogens is 314 g/mol. The van der Waals surface area contributed by atoms with Gasteiger partial charge < -0.3 is 10.2 Å². The number of carbonyl (C=O) groups excluding carboxylic acids is 1. The standard InChI is InChI=1S/C16H17N3O3S/c17-23(21,22)14-8-6-13(7-9-14)18-16(20)19-11-10-15(19)12-4-2-1-3-5-12/h1-9,15H,10-11H2,(H,18,20)(H2,17,21,22)/t15-/m1/s1. The highest BCUT2D eigenvalue weighted by Crippen LogP contribution is 2.33. The summed E-state index contributed by atoms with van der Waals surface area (Å²) < 4.78 is 22.4. The fourth-order valence-electron chi connectivity index (χ4n) is 2.58. The van der Waals surface area contributed by atoms with Crippen molar-refractivity contribution in [1.82, 2.24) is 4.90 Å². The molecule has 0 bridgehead atoms. The van der Waals surface area contributed by atoms with Crippen molar-refractivity contribution in [1.29, 1.82) is 0 Å². The largest absolute Gasteiger partial charge is 0.322 e. The zero-order valence-corrected chi connectivity index (χ0v) is 13.2. The van der Waals surface area contributed by atoms with Crippen LogP contribution in [0.15, 0.2) is 59.5 Å². The fraction of sp³-hybridized carbons (Fsp3) is 0.188. The molecule has 1 saturated heterocycles. The molecule has 0 aromatic heterocycles. The van der Waals surface area contributed by atoms with Crippen LogP contribution in [0.25, 0.3) is 0 Å². The monoisotopic (exact) mass is 331 g/mol. The number of nitrogens with one attached hydrogen (secondary N) is 1. The Hall–Kier alpha value is -2.38. The number of nitrogens with zero attached hydrogens (tertiary/aromatic N) is 1. The number of likely N-dealkylation sites (tertiary alicyclic amines) is 1. The van der Waals surface area contributed by atoms with Gasteiger partial charge in [0.1, 0.15) is 0 Å². The molecular formula is C16H17N3O3S. The lowest BCUT2D eigenvalue weighted by molar-refractivity contribution is 0.126. The third-order valence-electron chi connectivity index (χ3n) is 3.90. The molecule has 120 valence electrons. The van der Waals surface area contributed by atoms with Crippen molar-refractivity contribution in [2.24, 2.45) is 5.14 Å². The summed E-state index contributed by atoms with van der Waals surface area (Å²) >= 11 is 0. The highest BCUT2D eigenvalue weighted by molar-refractivity contribution is 7.89. The summed E-state index contributed by atoms with van der Waals surface area (Å²) in [5.74, 6) is 0. The third-order valence-corrected chi connectivity index (χ3v) is 4.83. The lowest BCUT2D eigenvalue weighted by Crippen LogP contribution is -2.47. The van der Waals surface area contributed by atoms with Gasteiger partial charge in [-0.2, -0.15) is 0 Å². The Kier molecular flexibility index (Phi) is 4.06. The SMILES string of the molecule is NS(=O)(=O)c1ccc(NC(=O)N2CC[C@@H]2c2ccccc2)cc1. The molecule has 1 aliphatic heterocycles. The van der Waals surface area contributed by atoms with E-state index in [1.165, 1.54) is 24.3 Å². The minimum atomic E-state index is -3.73. The molecule has 0 saturated carbocycles. The number of nitrogens with two attached hydrogens (primary N) is 1. The van der Waals surface area contributed by atoms with Gasteiger partial charge in [-0.1, -0.05) is 30.3 Å². The normalized spacial score (nSPS) is 17.4. The van der Waals surface area contributed by atoms with Gasteiger partial charge in [-0.05, 0) is 36.2 Å². The number of hydrogen-bond donors (Lipinski definition) is 2. The smallest absolute Gasteiger partial charge is 0.317 e. The summed E-state index contributed by atoms with van der Waals surface area (Å²) in [4.78, 5) is 14.1. The van der Waals surface area contributed by atoms with E-state index in [4.69, 9.17) is 5.14 Å². The molecule has 23 heavy (non-hydrogen) atoms. The molecule has 1 aliphatic rings. The fourth-order valence-corrected chi connectivity index (χ4v) is 3.09. The predicted molar refractivity (Wildman–Crippen MR) is 87.3 cm³/mol. The van der Waals surface area contributed by atoms with Gasteiger partial charge in [0.15, 0.2) is 0 Å². The molecule has 6 nitrogen and oxygen atoms in total. The van der Waals surface area contributed by atoms with Crippen LogP contribution in [0.5, 0.6) is 0 Å². The van der Waals surface area contributed by atoms with Crippen LogP contribution in [-0.2, 0) is 10.0 Å². The second-order valence-electron chi connectivity index (χ2n) is 5.41. The van der Waals surface area contributed by atoms with Gasteiger partial charge in [0.2, 0.25) is 10.0 Å². The van der Waals surface area contributed by atoms with Crippen molar-refractivity contribution < 1.29 is 13.2 Å². The molecule has 1 atom stereocenters. The van der Waals surface area contributed by atoms with E-state index >= 15 is 0 Å².